The molecule has 0 saturated carbocycles. The van der Waals surface area contributed by atoms with Crippen LogP contribution < -0.4 is 5.32 Å². The molecule has 0 saturated heterocycles. The third-order valence-corrected chi connectivity index (χ3v) is 3.45. The molecule has 2 N–H and O–H groups in total. The minimum atomic E-state index is -1.07. The average Bonchev–Trinajstić information content (AvgIpc) is 2.72. The van der Waals surface area contributed by atoms with Crippen LogP contribution in [0.15, 0.2) is 33.2 Å². The van der Waals surface area contributed by atoms with Crippen molar-refractivity contribution in [1.29, 1.82) is 0 Å². The molecule has 1 heterocycles. The second kappa shape index (κ2) is 5.67. The number of benzene rings is 1. The minimum absolute atomic E-state index is 0.0605. The zero-order chi connectivity index (χ0) is 14.0. The predicted molar refractivity (Wildman–Crippen MR) is 76.9 cm³/mol. The zero-order valence-electron chi connectivity index (χ0n) is 10.0. The molecule has 2 rings (SSSR count). The van der Waals surface area contributed by atoms with Gasteiger partial charge >= 0.3 is 5.97 Å². The van der Waals surface area contributed by atoms with Gasteiger partial charge < -0.3 is 14.8 Å². The molecule has 0 atom stereocenters. The Labute approximate surface area is 123 Å². The van der Waals surface area contributed by atoms with Crippen LogP contribution in [-0.4, -0.2) is 11.1 Å². The monoisotopic (exact) mass is 343 g/mol. The normalized spacial score (nSPS) is 10.5. The number of aryl methyl sites for hydroxylation is 1. The Morgan fingerprint density at radius 1 is 1.47 bits per heavy atom. The molecule has 0 aliphatic rings. The largest absolute Gasteiger partial charge is 0.475 e. The van der Waals surface area contributed by atoms with E-state index in [4.69, 9.17) is 21.1 Å². The Balaban J connectivity index is 2.14. The minimum Gasteiger partial charge on any atom is -0.475 e. The first-order chi connectivity index (χ1) is 8.97. The van der Waals surface area contributed by atoms with Crippen LogP contribution in [0, 0.1) is 6.92 Å². The molecule has 0 spiro atoms. The average molecular weight is 345 g/mol. The highest BCUT2D eigenvalue weighted by Crippen LogP contribution is 2.26. The summed E-state index contributed by atoms with van der Waals surface area (Å²) in [6, 6.07) is 6.99. The molecule has 0 fully saturated rings. The van der Waals surface area contributed by atoms with Gasteiger partial charge in [-0.2, -0.15) is 0 Å². The standard InChI is InChI=1S/C13H11BrClNO3/c1-7-8(4-12(19-7)13(17)18)6-16-11-5-9(14)2-3-10(11)15/h2-5,16H,6H2,1H3,(H,17,18). The predicted octanol–water partition coefficient (Wildman–Crippen LogP) is 4.31. The van der Waals surface area contributed by atoms with E-state index in [2.05, 4.69) is 21.2 Å². The Hall–Kier alpha value is -1.46. The van der Waals surface area contributed by atoms with E-state index in [1.807, 2.05) is 12.1 Å². The summed E-state index contributed by atoms with van der Waals surface area (Å²) < 4.78 is 6.05. The third-order valence-electron chi connectivity index (χ3n) is 2.63. The highest BCUT2D eigenvalue weighted by molar-refractivity contribution is 9.10. The first kappa shape index (κ1) is 14.0. The maximum absolute atomic E-state index is 10.8. The van der Waals surface area contributed by atoms with Crippen LogP contribution in [0.2, 0.25) is 5.02 Å². The van der Waals surface area contributed by atoms with E-state index < -0.39 is 5.97 Å². The Kier molecular flexibility index (Phi) is 4.17. The van der Waals surface area contributed by atoms with Crippen LogP contribution in [-0.2, 0) is 6.54 Å². The first-order valence-electron chi connectivity index (χ1n) is 5.49. The fourth-order valence-electron chi connectivity index (χ4n) is 1.62. The van der Waals surface area contributed by atoms with Gasteiger partial charge in [-0.1, -0.05) is 27.5 Å². The molecule has 19 heavy (non-hydrogen) atoms. The molecule has 0 amide bonds. The summed E-state index contributed by atoms with van der Waals surface area (Å²) in [5.74, 6) is -0.555. The number of hydrogen-bond acceptors (Lipinski definition) is 3. The zero-order valence-corrected chi connectivity index (χ0v) is 12.4. The van der Waals surface area contributed by atoms with E-state index in [9.17, 15) is 4.79 Å². The lowest BCUT2D eigenvalue weighted by atomic mass is 10.2. The van der Waals surface area contributed by atoms with Gasteiger partial charge in [0.15, 0.2) is 0 Å². The van der Waals surface area contributed by atoms with Gasteiger partial charge in [0, 0.05) is 16.6 Å². The Morgan fingerprint density at radius 2 is 2.21 bits per heavy atom. The van der Waals surface area contributed by atoms with Crippen molar-refractivity contribution in [3.05, 3.63) is 50.8 Å². The maximum Gasteiger partial charge on any atom is 0.371 e. The molecule has 2 aromatic rings. The molecule has 0 unspecified atom stereocenters. The smallest absolute Gasteiger partial charge is 0.371 e. The topological polar surface area (TPSA) is 62.5 Å². The first-order valence-corrected chi connectivity index (χ1v) is 6.66. The van der Waals surface area contributed by atoms with Gasteiger partial charge in [0.2, 0.25) is 5.76 Å². The Bertz CT molecular complexity index is 624. The van der Waals surface area contributed by atoms with Crippen LogP contribution in [0.5, 0.6) is 0 Å². The lowest BCUT2D eigenvalue weighted by molar-refractivity contribution is 0.0661. The SMILES string of the molecule is Cc1oc(C(=O)O)cc1CNc1cc(Br)ccc1Cl. The molecule has 4 nitrogen and oxygen atoms in total. The fourth-order valence-corrected chi connectivity index (χ4v) is 2.17. The van der Waals surface area contributed by atoms with Crippen molar-refractivity contribution in [3.63, 3.8) is 0 Å². The van der Waals surface area contributed by atoms with Crippen molar-refractivity contribution in [2.45, 2.75) is 13.5 Å². The van der Waals surface area contributed by atoms with Crippen molar-refractivity contribution in [2.75, 3.05) is 5.32 Å². The summed E-state index contributed by atoms with van der Waals surface area (Å²) in [5, 5.41) is 12.6. The number of hydrogen-bond donors (Lipinski definition) is 2. The van der Waals surface area contributed by atoms with Crippen LogP contribution in [0.1, 0.15) is 21.9 Å². The number of carbonyl (C=O) groups is 1. The van der Waals surface area contributed by atoms with E-state index >= 15 is 0 Å². The second-order valence-electron chi connectivity index (χ2n) is 3.97. The van der Waals surface area contributed by atoms with E-state index in [1.54, 1.807) is 13.0 Å². The summed E-state index contributed by atoms with van der Waals surface area (Å²) in [5.41, 5.74) is 1.56. The van der Waals surface area contributed by atoms with Gasteiger partial charge in [-0.3, -0.25) is 0 Å². The molecular weight excluding hydrogens is 334 g/mol. The number of rotatable bonds is 4. The maximum atomic E-state index is 10.8. The molecule has 1 aromatic carbocycles. The van der Waals surface area contributed by atoms with Gasteiger partial charge in [-0.05, 0) is 31.2 Å². The van der Waals surface area contributed by atoms with E-state index in [0.29, 0.717) is 17.3 Å². The lowest BCUT2D eigenvalue weighted by Crippen LogP contribution is -2.00. The molecule has 1 aromatic heterocycles. The van der Waals surface area contributed by atoms with E-state index in [0.717, 1.165) is 15.7 Å². The van der Waals surface area contributed by atoms with Crippen LogP contribution >= 0.6 is 27.5 Å². The number of carboxylic acids is 1. The molecular formula is C13H11BrClNO3. The highest BCUT2D eigenvalue weighted by atomic mass is 79.9. The Morgan fingerprint density at radius 3 is 2.84 bits per heavy atom. The number of carboxylic acid groups (broad SMARTS) is 1. The number of nitrogens with one attached hydrogen (secondary N) is 1. The van der Waals surface area contributed by atoms with Crippen LogP contribution in [0.4, 0.5) is 5.69 Å². The van der Waals surface area contributed by atoms with Gasteiger partial charge in [0.25, 0.3) is 0 Å². The van der Waals surface area contributed by atoms with E-state index in [1.165, 1.54) is 6.07 Å². The van der Waals surface area contributed by atoms with Crippen molar-refractivity contribution >= 4 is 39.2 Å². The summed E-state index contributed by atoms with van der Waals surface area (Å²) >= 11 is 9.42. The number of aromatic carboxylic acids is 1. The quantitative estimate of drug-likeness (QED) is 0.867. The van der Waals surface area contributed by atoms with Gasteiger partial charge in [-0.25, -0.2) is 4.79 Å². The summed E-state index contributed by atoms with van der Waals surface area (Å²) in [6.45, 7) is 2.17. The number of furan rings is 1. The summed E-state index contributed by atoms with van der Waals surface area (Å²) in [4.78, 5) is 10.8. The van der Waals surface area contributed by atoms with Crippen molar-refractivity contribution in [2.24, 2.45) is 0 Å². The van der Waals surface area contributed by atoms with Crippen molar-refractivity contribution in [3.8, 4) is 0 Å². The molecule has 6 heteroatoms. The lowest BCUT2D eigenvalue weighted by Gasteiger charge is -2.08. The van der Waals surface area contributed by atoms with Crippen LogP contribution in [0.25, 0.3) is 0 Å². The third kappa shape index (κ3) is 3.30. The van der Waals surface area contributed by atoms with Crippen molar-refractivity contribution in [1.82, 2.24) is 0 Å². The van der Waals surface area contributed by atoms with Crippen molar-refractivity contribution < 1.29 is 14.3 Å². The summed E-state index contributed by atoms with van der Waals surface area (Å²) in [7, 11) is 0. The van der Waals surface area contributed by atoms with Crippen LogP contribution in [0.3, 0.4) is 0 Å². The highest BCUT2D eigenvalue weighted by Gasteiger charge is 2.13. The number of halogens is 2. The molecule has 0 aliphatic carbocycles. The molecule has 0 bridgehead atoms. The fraction of sp³-hybridized carbons (Fsp3) is 0.154. The molecule has 0 radical (unpaired) electrons. The number of anilines is 1. The molecule has 100 valence electrons. The molecule has 0 aliphatic heterocycles. The van der Waals surface area contributed by atoms with Gasteiger partial charge in [-0.15, -0.1) is 0 Å². The second-order valence-corrected chi connectivity index (χ2v) is 5.30. The van der Waals surface area contributed by atoms with Gasteiger partial charge in [0.05, 0.1) is 10.7 Å². The van der Waals surface area contributed by atoms with Gasteiger partial charge in [0.1, 0.15) is 5.76 Å². The summed E-state index contributed by atoms with van der Waals surface area (Å²) in [6.07, 6.45) is 0. The van der Waals surface area contributed by atoms with E-state index in [-0.39, 0.29) is 5.76 Å².